The van der Waals surface area contributed by atoms with Gasteiger partial charge in [0.05, 0.1) is 10.6 Å². The van der Waals surface area contributed by atoms with Crippen LogP contribution in [0.1, 0.15) is 43.0 Å². The third-order valence-electron chi connectivity index (χ3n) is 3.90. The number of hydrogen-bond donors (Lipinski definition) is 1. The second-order valence-corrected chi connectivity index (χ2v) is 7.60. The lowest BCUT2D eigenvalue weighted by Crippen LogP contribution is -2.37. The van der Waals surface area contributed by atoms with Gasteiger partial charge in [-0.1, -0.05) is 26.0 Å². The van der Waals surface area contributed by atoms with Gasteiger partial charge in [-0.3, -0.25) is 0 Å². The van der Waals surface area contributed by atoms with Crippen LogP contribution < -0.4 is 5.32 Å². The molecule has 0 saturated carbocycles. The number of fused-ring (bicyclic) bond motifs is 1. The van der Waals surface area contributed by atoms with E-state index < -0.39 is 9.84 Å². The highest BCUT2D eigenvalue weighted by atomic mass is 32.2. The van der Waals surface area contributed by atoms with Crippen molar-refractivity contribution >= 4 is 9.84 Å². The Hall–Kier alpha value is -0.870. The molecule has 4 heteroatoms. The lowest BCUT2D eigenvalue weighted by Gasteiger charge is -2.34. The Kier molecular flexibility index (Phi) is 4.02. The van der Waals surface area contributed by atoms with Gasteiger partial charge in [-0.25, -0.2) is 8.42 Å². The van der Waals surface area contributed by atoms with Crippen molar-refractivity contribution in [3.8, 4) is 0 Å². The van der Waals surface area contributed by atoms with Crippen LogP contribution in [-0.2, 0) is 9.84 Å². The molecule has 2 rings (SSSR count). The minimum absolute atomic E-state index is 0.115. The first-order valence-corrected chi connectivity index (χ1v) is 8.60. The highest BCUT2D eigenvalue weighted by Gasteiger charge is 2.37. The van der Waals surface area contributed by atoms with Gasteiger partial charge in [0, 0.05) is 6.04 Å². The van der Waals surface area contributed by atoms with Crippen LogP contribution >= 0.6 is 0 Å². The Labute approximate surface area is 116 Å². The molecule has 2 unspecified atom stereocenters. The Balaban J connectivity index is 2.62. The fourth-order valence-electron chi connectivity index (χ4n) is 3.02. The van der Waals surface area contributed by atoms with E-state index in [1.54, 1.807) is 0 Å². The average Bonchev–Trinajstić information content (AvgIpc) is 2.31. The summed E-state index contributed by atoms with van der Waals surface area (Å²) in [5, 5.41) is 3.52. The van der Waals surface area contributed by atoms with Crippen LogP contribution in [0.3, 0.4) is 0 Å². The molecule has 0 spiro atoms. The second-order valence-electron chi connectivity index (χ2n) is 5.63. The van der Waals surface area contributed by atoms with Crippen molar-refractivity contribution < 1.29 is 8.42 Å². The summed E-state index contributed by atoms with van der Waals surface area (Å²) in [6.45, 7) is 8.97. The maximum atomic E-state index is 12.4. The molecule has 106 valence electrons. The van der Waals surface area contributed by atoms with Crippen molar-refractivity contribution in [1.29, 1.82) is 0 Å². The normalized spacial score (nSPS) is 25.1. The van der Waals surface area contributed by atoms with Crippen molar-refractivity contribution in [2.75, 3.05) is 12.3 Å². The van der Waals surface area contributed by atoms with Gasteiger partial charge >= 0.3 is 0 Å². The van der Waals surface area contributed by atoms with Crippen LogP contribution in [0.25, 0.3) is 0 Å². The van der Waals surface area contributed by atoms with Gasteiger partial charge in [0.1, 0.15) is 0 Å². The van der Waals surface area contributed by atoms with E-state index in [9.17, 15) is 8.42 Å². The molecular weight excluding hydrogens is 258 g/mol. The largest absolute Gasteiger partial charge is 0.310 e. The molecule has 0 aliphatic carbocycles. The van der Waals surface area contributed by atoms with E-state index in [0.29, 0.717) is 4.90 Å². The number of sulfone groups is 1. The Bertz CT molecular complexity index is 578. The fourth-order valence-corrected chi connectivity index (χ4v) is 5.25. The molecule has 0 aromatic heterocycles. The minimum atomic E-state index is -3.14. The summed E-state index contributed by atoms with van der Waals surface area (Å²) in [5.41, 5.74) is 2.94. The number of rotatable bonds is 3. The smallest absolute Gasteiger partial charge is 0.179 e. The monoisotopic (exact) mass is 281 g/mol. The summed E-state index contributed by atoms with van der Waals surface area (Å²) in [7, 11) is -3.14. The van der Waals surface area contributed by atoms with Crippen molar-refractivity contribution in [3.63, 3.8) is 0 Å². The first-order valence-electron chi connectivity index (χ1n) is 6.94. The lowest BCUT2D eigenvalue weighted by atomic mass is 9.90. The van der Waals surface area contributed by atoms with Crippen LogP contribution in [0, 0.1) is 19.8 Å². The summed E-state index contributed by atoms with van der Waals surface area (Å²) < 4.78 is 24.9. The third kappa shape index (κ3) is 2.56. The van der Waals surface area contributed by atoms with Crippen molar-refractivity contribution in [2.24, 2.45) is 5.92 Å². The summed E-state index contributed by atoms with van der Waals surface area (Å²) in [6, 6.07) is 4.10. The molecule has 1 N–H and O–H groups in total. The van der Waals surface area contributed by atoms with Crippen LogP contribution in [0.15, 0.2) is 17.0 Å². The lowest BCUT2D eigenvalue weighted by molar-refractivity contribution is 0.393. The van der Waals surface area contributed by atoms with Crippen molar-refractivity contribution in [2.45, 2.75) is 45.1 Å². The summed E-state index contributed by atoms with van der Waals surface area (Å²) in [4.78, 5) is 0.569. The maximum Gasteiger partial charge on any atom is 0.179 e. The average molecular weight is 281 g/mol. The molecular formula is C15H23NO2S. The number of benzene rings is 1. The Morgan fingerprint density at radius 2 is 1.89 bits per heavy atom. The van der Waals surface area contributed by atoms with E-state index in [1.807, 2.05) is 32.9 Å². The molecule has 2 atom stereocenters. The topological polar surface area (TPSA) is 46.2 Å². The van der Waals surface area contributed by atoms with Crippen molar-refractivity contribution in [3.05, 3.63) is 28.8 Å². The molecule has 0 amide bonds. The molecule has 1 heterocycles. The highest BCUT2D eigenvalue weighted by molar-refractivity contribution is 7.91. The van der Waals surface area contributed by atoms with Crippen LogP contribution in [0.5, 0.6) is 0 Å². The highest BCUT2D eigenvalue weighted by Crippen LogP contribution is 2.39. The predicted octanol–water partition coefficient (Wildman–Crippen LogP) is 2.77. The molecule has 1 aromatic rings. The first-order chi connectivity index (χ1) is 8.88. The molecule has 0 bridgehead atoms. The van der Waals surface area contributed by atoms with Crippen molar-refractivity contribution in [1.82, 2.24) is 5.32 Å². The van der Waals surface area contributed by atoms with E-state index in [4.69, 9.17) is 0 Å². The maximum absolute atomic E-state index is 12.4. The molecule has 19 heavy (non-hydrogen) atoms. The fraction of sp³-hybridized carbons (Fsp3) is 0.600. The Morgan fingerprint density at radius 1 is 1.26 bits per heavy atom. The molecule has 3 nitrogen and oxygen atoms in total. The molecule has 1 aromatic carbocycles. The number of nitrogens with one attached hydrogen (secondary N) is 1. The molecule has 0 fully saturated rings. The SMILES string of the molecule is CCCNC1c2c(C)ccc(C)c2S(=O)(=O)CC1C. The van der Waals surface area contributed by atoms with E-state index in [1.165, 1.54) is 0 Å². The molecule has 1 aliphatic rings. The van der Waals surface area contributed by atoms with Crippen LogP contribution in [-0.4, -0.2) is 20.7 Å². The number of hydrogen-bond acceptors (Lipinski definition) is 3. The minimum Gasteiger partial charge on any atom is -0.310 e. The van der Waals surface area contributed by atoms with Gasteiger partial charge in [0.15, 0.2) is 9.84 Å². The van der Waals surface area contributed by atoms with Crippen LogP contribution in [0.2, 0.25) is 0 Å². The van der Waals surface area contributed by atoms with Gasteiger partial charge in [-0.2, -0.15) is 0 Å². The van der Waals surface area contributed by atoms with E-state index in [0.717, 1.165) is 29.7 Å². The zero-order valence-corrected chi connectivity index (χ0v) is 13.0. The van der Waals surface area contributed by atoms with Crippen LogP contribution in [0.4, 0.5) is 0 Å². The zero-order chi connectivity index (χ0) is 14.2. The van der Waals surface area contributed by atoms with E-state index in [-0.39, 0.29) is 17.7 Å². The van der Waals surface area contributed by atoms with Gasteiger partial charge in [0.2, 0.25) is 0 Å². The summed E-state index contributed by atoms with van der Waals surface area (Å²) in [5.74, 6) is 0.357. The van der Waals surface area contributed by atoms with Gasteiger partial charge in [-0.05, 0) is 49.4 Å². The molecule has 1 aliphatic heterocycles. The van der Waals surface area contributed by atoms with E-state index in [2.05, 4.69) is 12.2 Å². The zero-order valence-electron chi connectivity index (χ0n) is 12.2. The predicted molar refractivity (Wildman–Crippen MR) is 78.2 cm³/mol. The quantitative estimate of drug-likeness (QED) is 0.926. The van der Waals surface area contributed by atoms with Gasteiger partial charge in [0.25, 0.3) is 0 Å². The Morgan fingerprint density at radius 3 is 2.53 bits per heavy atom. The second kappa shape index (κ2) is 5.25. The first kappa shape index (κ1) is 14.5. The molecule has 0 radical (unpaired) electrons. The summed E-state index contributed by atoms with van der Waals surface area (Å²) in [6.07, 6.45) is 1.05. The number of aryl methyl sites for hydroxylation is 2. The molecule has 0 saturated heterocycles. The van der Waals surface area contributed by atoms with Gasteiger partial charge in [-0.15, -0.1) is 0 Å². The third-order valence-corrected chi connectivity index (χ3v) is 6.03. The van der Waals surface area contributed by atoms with E-state index >= 15 is 0 Å². The van der Waals surface area contributed by atoms with Gasteiger partial charge < -0.3 is 5.32 Å². The summed E-state index contributed by atoms with van der Waals surface area (Å²) >= 11 is 0. The standard InChI is InChI=1S/C15H23NO2S/c1-5-8-16-14-12(4)9-19(17,18)15-11(3)7-6-10(2)13(14)15/h6-7,12,14,16H,5,8-9H2,1-4H3.